The van der Waals surface area contributed by atoms with Gasteiger partial charge in [-0.05, 0) is 40.0 Å². The largest absolute Gasteiger partial charge is 0.405 e. The zero-order valence-electron chi connectivity index (χ0n) is 22.1. The number of nitrogens with zero attached hydrogens (tertiary/aromatic N) is 3. The first-order valence-corrected chi connectivity index (χ1v) is 15.5. The third-order valence-electron chi connectivity index (χ3n) is 7.01. The summed E-state index contributed by atoms with van der Waals surface area (Å²) in [7, 11) is -2.88. The van der Waals surface area contributed by atoms with Gasteiger partial charge in [0.2, 0.25) is 0 Å². The molecule has 0 radical (unpaired) electrons. The van der Waals surface area contributed by atoms with Crippen molar-refractivity contribution in [1.29, 1.82) is 0 Å². The van der Waals surface area contributed by atoms with Crippen molar-refractivity contribution >= 4 is 30.5 Å². The minimum absolute atomic E-state index is 0.0689. The maximum atomic E-state index is 11.1. The number of benzene rings is 3. The van der Waals surface area contributed by atoms with Crippen LogP contribution in [-0.2, 0) is 9.16 Å². The average Bonchev–Trinajstić information content (AvgIpc) is 2.91. The summed E-state index contributed by atoms with van der Waals surface area (Å²) in [6.07, 6.45) is -3.39. The maximum Gasteiger partial charge on any atom is 0.261 e. The molecule has 1 aliphatic rings. The van der Waals surface area contributed by atoms with Crippen molar-refractivity contribution < 1.29 is 19.4 Å². The van der Waals surface area contributed by atoms with Gasteiger partial charge in [-0.15, -0.1) is 0 Å². The topological polar surface area (TPSA) is 108 Å². The van der Waals surface area contributed by atoms with Gasteiger partial charge < -0.3 is 19.4 Å². The molecule has 7 nitrogen and oxygen atoms in total. The number of rotatable bonds is 8. The lowest BCUT2D eigenvalue weighted by molar-refractivity contribution is -0.164. The van der Waals surface area contributed by atoms with Crippen LogP contribution < -0.4 is 10.4 Å². The molecule has 5 atom stereocenters. The molecule has 4 rings (SSSR count). The molecule has 2 N–H and O–H groups in total. The van der Waals surface area contributed by atoms with Gasteiger partial charge in [0.15, 0.2) is 0 Å². The molecule has 38 heavy (non-hydrogen) atoms. The fourth-order valence-electron chi connectivity index (χ4n) is 5.05. The summed E-state index contributed by atoms with van der Waals surface area (Å²) in [5.74, 6) is 0. The zero-order chi connectivity index (χ0) is 27.3. The molecule has 3 aromatic carbocycles. The normalized spacial score (nSPS) is 24.0. The first kappa shape index (κ1) is 28.4. The third kappa shape index (κ3) is 5.84. The second-order valence-corrected chi connectivity index (χ2v) is 16.1. The lowest BCUT2D eigenvalue weighted by Gasteiger charge is -2.46. The van der Waals surface area contributed by atoms with Crippen molar-refractivity contribution in [3.05, 3.63) is 101 Å². The fourth-order valence-corrected chi connectivity index (χ4v) is 10.7. The number of ether oxygens (including phenoxy) is 1. The zero-order valence-corrected chi connectivity index (χ0v) is 24.0. The lowest BCUT2D eigenvalue weighted by atomic mass is 9.99. The third-order valence-corrected chi connectivity index (χ3v) is 13.2. The van der Waals surface area contributed by atoms with Crippen LogP contribution >= 0.6 is 11.8 Å². The Morgan fingerprint density at radius 2 is 1.47 bits per heavy atom. The Kier molecular flexibility index (Phi) is 9.00. The number of azide groups is 1. The Balaban J connectivity index is 1.67. The van der Waals surface area contributed by atoms with Gasteiger partial charge in [-0.25, -0.2) is 0 Å². The standard InChI is InChI=1S/C29H35N3O4SSi/c1-20-15-17-21(18-16-20)37-28-25(31-32-30)27(34)26(33)24(36-28)19-35-38(29(2,3)4,22-11-7-5-8-12-22)23-13-9-6-10-14-23/h5-18,24-28,33-34H,19H2,1-4H3/t24-,25-,26-,27-,28?/m1/s1. The molecule has 0 spiro atoms. The van der Waals surface area contributed by atoms with Gasteiger partial charge in [-0.2, -0.15) is 0 Å². The molecule has 1 saturated heterocycles. The Morgan fingerprint density at radius 1 is 0.921 bits per heavy atom. The highest BCUT2D eigenvalue weighted by Crippen LogP contribution is 2.39. The second-order valence-electron chi connectivity index (χ2n) is 10.6. The predicted molar refractivity (Wildman–Crippen MR) is 154 cm³/mol. The number of hydrogen-bond donors (Lipinski definition) is 2. The van der Waals surface area contributed by atoms with Crippen LogP contribution in [0.4, 0.5) is 0 Å². The molecule has 1 heterocycles. The molecular formula is C29H35N3O4SSi. The number of aliphatic hydroxyl groups is 2. The summed E-state index contributed by atoms with van der Waals surface area (Å²) >= 11 is 1.36. The van der Waals surface area contributed by atoms with Crippen LogP contribution in [0.2, 0.25) is 5.04 Å². The van der Waals surface area contributed by atoms with Crippen LogP contribution in [0.25, 0.3) is 10.4 Å². The highest BCUT2D eigenvalue weighted by Gasteiger charge is 2.52. The Labute approximate surface area is 229 Å². The number of aliphatic hydroxyl groups excluding tert-OH is 2. The molecule has 0 saturated carbocycles. The summed E-state index contributed by atoms with van der Waals surface area (Å²) in [6.45, 7) is 8.62. The Bertz CT molecular complexity index is 1190. The van der Waals surface area contributed by atoms with Crippen LogP contribution in [-0.4, -0.2) is 54.9 Å². The number of hydrogen-bond acceptors (Lipinski definition) is 6. The van der Waals surface area contributed by atoms with E-state index in [0.29, 0.717) is 0 Å². The van der Waals surface area contributed by atoms with Gasteiger partial charge in [0.25, 0.3) is 8.32 Å². The quantitative estimate of drug-likeness (QED) is 0.182. The molecule has 3 aromatic rings. The Hall–Kier alpha value is -2.62. The molecule has 1 fully saturated rings. The van der Waals surface area contributed by atoms with E-state index >= 15 is 0 Å². The van der Waals surface area contributed by atoms with Crippen molar-refractivity contribution in [3.63, 3.8) is 0 Å². The van der Waals surface area contributed by atoms with Crippen LogP contribution in [0.15, 0.2) is 94.9 Å². The number of thioether (sulfide) groups is 1. The van der Waals surface area contributed by atoms with E-state index in [9.17, 15) is 10.2 Å². The van der Waals surface area contributed by atoms with E-state index in [0.717, 1.165) is 20.8 Å². The summed E-state index contributed by atoms with van der Waals surface area (Å²) < 4.78 is 13.3. The second kappa shape index (κ2) is 12.0. The summed E-state index contributed by atoms with van der Waals surface area (Å²) in [5.41, 5.74) is 9.57. The fraction of sp³-hybridized carbons (Fsp3) is 0.379. The molecule has 0 aromatic heterocycles. The van der Waals surface area contributed by atoms with Crippen molar-refractivity contribution in [1.82, 2.24) is 0 Å². The molecule has 1 aliphatic heterocycles. The molecule has 9 heteroatoms. The van der Waals surface area contributed by atoms with E-state index in [2.05, 4.69) is 55.1 Å². The smallest absolute Gasteiger partial charge is 0.261 e. The number of aryl methyl sites for hydroxylation is 1. The van der Waals surface area contributed by atoms with E-state index in [4.69, 9.17) is 14.7 Å². The summed E-state index contributed by atoms with van der Waals surface area (Å²) in [5, 5.41) is 27.8. The van der Waals surface area contributed by atoms with Gasteiger partial charge >= 0.3 is 0 Å². The van der Waals surface area contributed by atoms with E-state index in [1.165, 1.54) is 11.8 Å². The van der Waals surface area contributed by atoms with Gasteiger partial charge in [0.05, 0.1) is 12.7 Å². The molecule has 1 unspecified atom stereocenters. The van der Waals surface area contributed by atoms with E-state index in [-0.39, 0.29) is 11.6 Å². The van der Waals surface area contributed by atoms with Crippen molar-refractivity contribution in [3.8, 4) is 0 Å². The van der Waals surface area contributed by atoms with Crippen LogP contribution in [0.5, 0.6) is 0 Å². The highest BCUT2D eigenvalue weighted by atomic mass is 32.2. The Morgan fingerprint density at radius 3 is 1.97 bits per heavy atom. The van der Waals surface area contributed by atoms with E-state index in [1.807, 2.05) is 67.6 Å². The van der Waals surface area contributed by atoms with Gasteiger partial charge in [-0.3, -0.25) is 0 Å². The SMILES string of the molecule is Cc1ccc(SC2O[C@H](CO[Si](c3ccccc3)(c3ccccc3)C(C)(C)C)[C@@H](O)[C@H](O)[C@H]2N=[N+]=[N-])cc1. The van der Waals surface area contributed by atoms with Gasteiger partial charge in [-0.1, -0.05) is 116 Å². The minimum Gasteiger partial charge on any atom is -0.405 e. The summed E-state index contributed by atoms with van der Waals surface area (Å²) in [6, 6.07) is 27.4. The molecular weight excluding hydrogens is 514 g/mol. The predicted octanol–water partition coefficient (Wildman–Crippen LogP) is 4.79. The van der Waals surface area contributed by atoms with E-state index in [1.54, 1.807) is 0 Å². The van der Waals surface area contributed by atoms with Crippen LogP contribution in [0, 0.1) is 6.92 Å². The summed E-state index contributed by atoms with van der Waals surface area (Å²) in [4.78, 5) is 3.82. The highest BCUT2D eigenvalue weighted by molar-refractivity contribution is 7.99. The van der Waals surface area contributed by atoms with Crippen LogP contribution in [0.3, 0.4) is 0 Å². The van der Waals surface area contributed by atoms with Crippen molar-refractivity contribution in [2.45, 2.75) is 67.4 Å². The monoisotopic (exact) mass is 549 g/mol. The van der Waals surface area contributed by atoms with Crippen LogP contribution in [0.1, 0.15) is 26.3 Å². The molecule has 0 aliphatic carbocycles. The van der Waals surface area contributed by atoms with Crippen molar-refractivity contribution in [2.75, 3.05) is 6.61 Å². The molecule has 0 amide bonds. The average molecular weight is 550 g/mol. The van der Waals surface area contributed by atoms with Crippen molar-refractivity contribution in [2.24, 2.45) is 5.11 Å². The maximum absolute atomic E-state index is 11.1. The first-order chi connectivity index (χ1) is 18.2. The van der Waals surface area contributed by atoms with E-state index < -0.39 is 38.1 Å². The molecule has 0 bridgehead atoms. The van der Waals surface area contributed by atoms with Gasteiger partial charge in [0.1, 0.15) is 23.7 Å². The lowest BCUT2D eigenvalue weighted by Crippen LogP contribution is -2.68. The van der Waals surface area contributed by atoms with Gasteiger partial charge in [0, 0.05) is 9.81 Å². The minimum atomic E-state index is -2.88. The first-order valence-electron chi connectivity index (χ1n) is 12.7. The molecule has 200 valence electrons.